The van der Waals surface area contributed by atoms with E-state index in [-0.39, 0.29) is 0 Å². The summed E-state index contributed by atoms with van der Waals surface area (Å²) in [7, 11) is 1.72. The molecule has 0 saturated heterocycles. The Balaban J connectivity index is 1.86. The monoisotopic (exact) mass is 287 g/mol. The fraction of sp³-hybridized carbons (Fsp3) is 0.471. The Labute approximate surface area is 127 Å². The maximum absolute atomic E-state index is 5.37. The lowest BCUT2D eigenvalue weighted by molar-refractivity contribution is 0.409. The number of ether oxygens (including phenoxy) is 1. The predicted octanol–water partition coefficient (Wildman–Crippen LogP) is 2.81. The van der Waals surface area contributed by atoms with Gasteiger partial charge in [0.05, 0.1) is 18.5 Å². The van der Waals surface area contributed by atoms with Crippen LogP contribution in [0.25, 0.3) is 0 Å². The molecule has 0 aliphatic carbocycles. The smallest absolute Gasteiger partial charge is 0.122 e. The van der Waals surface area contributed by atoms with Crippen molar-refractivity contribution in [1.82, 2.24) is 15.1 Å². The van der Waals surface area contributed by atoms with Crippen molar-refractivity contribution < 1.29 is 4.74 Å². The second-order valence-corrected chi connectivity index (χ2v) is 5.03. The van der Waals surface area contributed by atoms with Crippen LogP contribution in [0.4, 0.5) is 0 Å². The Morgan fingerprint density at radius 3 is 2.76 bits per heavy atom. The molecule has 0 aliphatic rings. The molecule has 0 unspecified atom stereocenters. The SMILES string of the molecule is CCc1cc(CNCCc2ccccc2OC)n(CC)n1. The molecule has 2 aromatic rings. The molecule has 4 nitrogen and oxygen atoms in total. The molecule has 114 valence electrons. The van der Waals surface area contributed by atoms with Crippen LogP contribution >= 0.6 is 0 Å². The molecular weight excluding hydrogens is 262 g/mol. The molecule has 0 saturated carbocycles. The third-order valence-corrected chi connectivity index (χ3v) is 3.65. The highest BCUT2D eigenvalue weighted by atomic mass is 16.5. The fourth-order valence-electron chi connectivity index (χ4n) is 2.45. The molecule has 0 fully saturated rings. The number of para-hydroxylation sites is 1. The Kier molecular flexibility index (Phi) is 5.81. The van der Waals surface area contributed by atoms with Crippen molar-refractivity contribution in [2.45, 2.75) is 39.8 Å². The van der Waals surface area contributed by atoms with E-state index in [2.05, 4.69) is 47.1 Å². The zero-order valence-electron chi connectivity index (χ0n) is 13.2. The highest BCUT2D eigenvalue weighted by Crippen LogP contribution is 2.17. The van der Waals surface area contributed by atoms with Crippen LogP contribution in [0.2, 0.25) is 0 Å². The number of methoxy groups -OCH3 is 1. The summed E-state index contributed by atoms with van der Waals surface area (Å²) in [5.41, 5.74) is 3.67. The second-order valence-electron chi connectivity index (χ2n) is 5.03. The predicted molar refractivity (Wildman–Crippen MR) is 85.7 cm³/mol. The van der Waals surface area contributed by atoms with Gasteiger partial charge in [-0.2, -0.15) is 5.10 Å². The minimum atomic E-state index is 0.857. The Morgan fingerprint density at radius 2 is 2.05 bits per heavy atom. The molecule has 1 aromatic heterocycles. The summed E-state index contributed by atoms with van der Waals surface area (Å²) in [6.07, 6.45) is 1.95. The van der Waals surface area contributed by atoms with Gasteiger partial charge in [0.25, 0.3) is 0 Å². The summed E-state index contributed by atoms with van der Waals surface area (Å²) in [5.74, 6) is 0.964. The minimum absolute atomic E-state index is 0.857. The van der Waals surface area contributed by atoms with Crippen LogP contribution in [0.1, 0.15) is 30.8 Å². The first kappa shape index (κ1) is 15.6. The van der Waals surface area contributed by atoms with E-state index in [1.54, 1.807) is 7.11 Å². The van der Waals surface area contributed by atoms with Gasteiger partial charge in [-0.3, -0.25) is 4.68 Å². The Hall–Kier alpha value is -1.81. The van der Waals surface area contributed by atoms with Crippen LogP contribution in [-0.2, 0) is 25.9 Å². The molecule has 0 aliphatic heterocycles. The molecule has 0 bridgehead atoms. The second kappa shape index (κ2) is 7.84. The largest absolute Gasteiger partial charge is 0.496 e. The summed E-state index contributed by atoms with van der Waals surface area (Å²) in [6.45, 7) is 6.97. The average Bonchev–Trinajstić information content (AvgIpc) is 2.94. The third kappa shape index (κ3) is 4.08. The summed E-state index contributed by atoms with van der Waals surface area (Å²) < 4.78 is 7.45. The minimum Gasteiger partial charge on any atom is -0.496 e. The standard InChI is InChI=1S/C17H25N3O/c1-4-15-12-16(20(5-2)19-15)13-18-11-10-14-8-6-7-9-17(14)21-3/h6-9,12,18H,4-5,10-11,13H2,1-3H3. The number of nitrogens with one attached hydrogen (secondary N) is 1. The average molecular weight is 287 g/mol. The molecule has 2 rings (SSSR count). The number of nitrogens with zero attached hydrogens (tertiary/aromatic N) is 2. The van der Waals surface area contributed by atoms with Gasteiger partial charge in [-0.25, -0.2) is 0 Å². The van der Waals surface area contributed by atoms with E-state index in [1.165, 1.54) is 17.0 Å². The Bertz CT molecular complexity index is 563. The first-order chi connectivity index (χ1) is 10.3. The van der Waals surface area contributed by atoms with Crippen LogP contribution in [0.15, 0.2) is 30.3 Å². The maximum atomic E-state index is 5.37. The zero-order valence-corrected chi connectivity index (χ0v) is 13.2. The topological polar surface area (TPSA) is 39.1 Å². The Morgan fingerprint density at radius 1 is 1.24 bits per heavy atom. The summed E-state index contributed by atoms with van der Waals surface area (Å²) in [4.78, 5) is 0. The van der Waals surface area contributed by atoms with Gasteiger partial charge < -0.3 is 10.1 Å². The van der Waals surface area contributed by atoms with Crippen molar-refractivity contribution in [1.29, 1.82) is 0 Å². The van der Waals surface area contributed by atoms with Crippen molar-refractivity contribution in [2.24, 2.45) is 0 Å². The highest BCUT2D eigenvalue weighted by molar-refractivity contribution is 5.33. The fourth-order valence-corrected chi connectivity index (χ4v) is 2.45. The van der Waals surface area contributed by atoms with Gasteiger partial charge in [-0.1, -0.05) is 25.1 Å². The lowest BCUT2D eigenvalue weighted by atomic mass is 10.1. The molecule has 1 aromatic carbocycles. The first-order valence-corrected chi connectivity index (χ1v) is 7.66. The van der Waals surface area contributed by atoms with Gasteiger partial charge >= 0.3 is 0 Å². The lowest BCUT2D eigenvalue weighted by Crippen LogP contribution is -2.19. The first-order valence-electron chi connectivity index (χ1n) is 7.66. The molecule has 0 radical (unpaired) electrons. The van der Waals surface area contributed by atoms with Crippen molar-refractivity contribution in [3.05, 3.63) is 47.3 Å². The highest BCUT2D eigenvalue weighted by Gasteiger charge is 2.05. The van der Waals surface area contributed by atoms with E-state index in [9.17, 15) is 0 Å². The van der Waals surface area contributed by atoms with E-state index in [0.29, 0.717) is 0 Å². The van der Waals surface area contributed by atoms with Crippen molar-refractivity contribution in [3.8, 4) is 5.75 Å². The molecule has 4 heteroatoms. The number of benzene rings is 1. The van der Waals surface area contributed by atoms with E-state index in [0.717, 1.165) is 38.2 Å². The lowest BCUT2D eigenvalue weighted by Gasteiger charge is -2.09. The molecular formula is C17H25N3O. The molecule has 21 heavy (non-hydrogen) atoms. The van der Waals surface area contributed by atoms with Gasteiger partial charge in [-0.15, -0.1) is 0 Å². The number of aromatic nitrogens is 2. The summed E-state index contributed by atoms with van der Waals surface area (Å²) in [6, 6.07) is 10.4. The van der Waals surface area contributed by atoms with Crippen LogP contribution in [-0.4, -0.2) is 23.4 Å². The van der Waals surface area contributed by atoms with Gasteiger partial charge in [0.2, 0.25) is 0 Å². The van der Waals surface area contributed by atoms with E-state index >= 15 is 0 Å². The van der Waals surface area contributed by atoms with Crippen LogP contribution < -0.4 is 10.1 Å². The summed E-state index contributed by atoms with van der Waals surface area (Å²) in [5, 5.41) is 8.07. The maximum Gasteiger partial charge on any atom is 0.122 e. The van der Waals surface area contributed by atoms with E-state index in [1.807, 2.05) is 12.1 Å². The van der Waals surface area contributed by atoms with Crippen LogP contribution in [0.5, 0.6) is 5.75 Å². The molecule has 0 amide bonds. The molecule has 1 N–H and O–H groups in total. The number of aryl methyl sites for hydroxylation is 2. The molecule has 0 atom stereocenters. The summed E-state index contributed by atoms with van der Waals surface area (Å²) >= 11 is 0. The van der Waals surface area contributed by atoms with E-state index < -0.39 is 0 Å². The van der Waals surface area contributed by atoms with Crippen molar-refractivity contribution in [3.63, 3.8) is 0 Å². The number of rotatable bonds is 8. The number of hydrogen-bond acceptors (Lipinski definition) is 3. The van der Waals surface area contributed by atoms with Crippen molar-refractivity contribution in [2.75, 3.05) is 13.7 Å². The molecule has 0 spiro atoms. The van der Waals surface area contributed by atoms with Crippen LogP contribution in [0, 0.1) is 0 Å². The molecule has 1 heterocycles. The zero-order chi connectivity index (χ0) is 15.1. The van der Waals surface area contributed by atoms with Gasteiger partial charge in [-0.05, 0) is 44.0 Å². The normalized spacial score (nSPS) is 10.8. The van der Waals surface area contributed by atoms with E-state index in [4.69, 9.17) is 4.74 Å². The van der Waals surface area contributed by atoms with Gasteiger partial charge in [0.1, 0.15) is 5.75 Å². The quantitative estimate of drug-likeness (QED) is 0.759. The third-order valence-electron chi connectivity index (χ3n) is 3.65. The van der Waals surface area contributed by atoms with Gasteiger partial charge in [0.15, 0.2) is 0 Å². The van der Waals surface area contributed by atoms with Crippen molar-refractivity contribution >= 4 is 0 Å². The van der Waals surface area contributed by atoms with Crippen LogP contribution in [0.3, 0.4) is 0 Å². The van der Waals surface area contributed by atoms with Gasteiger partial charge in [0, 0.05) is 13.1 Å². The number of hydrogen-bond donors (Lipinski definition) is 1.